The van der Waals surface area contributed by atoms with Gasteiger partial charge in [0, 0.05) is 13.1 Å². The van der Waals surface area contributed by atoms with Crippen molar-refractivity contribution >= 4 is 11.6 Å². The molecule has 4 atom stereocenters. The fourth-order valence-electron chi connectivity index (χ4n) is 4.30. The molecule has 0 radical (unpaired) electrons. The zero-order valence-corrected chi connectivity index (χ0v) is 15.3. The third-order valence-corrected chi connectivity index (χ3v) is 5.35. The van der Waals surface area contributed by atoms with E-state index in [-0.39, 0.29) is 24.2 Å². The number of halogens is 2. The summed E-state index contributed by atoms with van der Waals surface area (Å²) in [5, 5.41) is 8.34. The van der Waals surface area contributed by atoms with Crippen molar-refractivity contribution in [3.8, 4) is 0 Å². The molecule has 138 valence electrons. The van der Waals surface area contributed by atoms with Gasteiger partial charge in [-0.3, -0.25) is 9.80 Å². The average Bonchev–Trinajstić information content (AvgIpc) is 2.89. The van der Waals surface area contributed by atoms with E-state index in [1.54, 1.807) is 7.05 Å². The first kappa shape index (κ1) is 19.1. The van der Waals surface area contributed by atoms with E-state index in [0.717, 1.165) is 25.7 Å². The minimum Gasteiger partial charge on any atom is -0.352 e. The van der Waals surface area contributed by atoms with E-state index in [1.165, 1.54) is 11.4 Å². The molecule has 0 aromatic heterocycles. The Kier molecular flexibility index (Phi) is 6.58. The minimum absolute atomic E-state index is 0.102. The molecule has 1 fully saturated rings. The van der Waals surface area contributed by atoms with Gasteiger partial charge in [-0.2, -0.15) is 5.10 Å². The molecular weight excluding hydrogens is 312 g/mol. The molecule has 1 aliphatic carbocycles. The van der Waals surface area contributed by atoms with Crippen LogP contribution in [0.2, 0.25) is 0 Å². The first-order valence-electron chi connectivity index (χ1n) is 9.17. The Bertz CT molecular complexity index is 467. The van der Waals surface area contributed by atoms with E-state index in [1.807, 2.05) is 0 Å². The van der Waals surface area contributed by atoms with Gasteiger partial charge in [-0.1, -0.05) is 33.6 Å². The van der Waals surface area contributed by atoms with Gasteiger partial charge < -0.3 is 5.32 Å². The highest BCUT2D eigenvalue weighted by Crippen LogP contribution is 2.34. The zero-order chi connectivity index (χ0) is 17.9. The molecule has 6 heteroatoms. The van der Waals surface area contributed by atoms with Crippen LogP contribution in [-0.2, 0) is 4.79 Å². The maximum absolute atomic E-state index is 13.1. The van der Waals surface area contributed by atoms with Crippen molar-refractivity contribution in [2.75, 3.05) is 13.6 Å². The Balaban J connectivity index is 2.02. The molecular formula is C18H31F2N3O. The predicted octanol–water partition coefficient (Wildman–Crippen LogP) is 3.53. The van der Waals surface area contributed by atoms with Crippen LogP contribution in [0.25, 0.3) is 0 Å². The fourth-order valence-corrected chi connectivity index (χ4v) is 4.30. The van der Waals surface area contributed by atoms with Crippen molar-refractivity contribution in [1.29, 1.82) is 0 Å². The summed E-state index contributed by atoms with van der Waals surface area (Å²) in [4.78, 5) is 12.6. The van der Waals surface area contributed by atoms with Crippen molar-refractivity contribution in [1.82, 2.24) is 10.3 Å². The number of alkyl halides is 2. The maximum Gasteiger partial charge on any atom is 0.279 e. The molecule has 0 aromatic carbocycles. The summed E-state index contributed by atoms with van der Waals surface area (Å²) in [6.45, 7) is 6.92. The van der Waals surface area contributed by atoms with E-state index in [0.29, 0.717) is 17.8 Å². The summed E-state index contributed by atoms with van der Waals surface area (Å²) >= 11 is 0. The number of nitrogens with zero attached hydrogens (tertiary/aromatic N) is 2. The molecule has 2 rings (SSSR count). The fraction of sp³-hybridized carbons (Fsp3) is 0.889. The second kappa shape index (κ2) is 8.26. The number of rotatable bonds is 6. The monoisotopic (exact) mass is 343 g/mol. The SMILES string of the molecule is CC(C)CC(C)C1CCCCC1NC(=O)C1CN(C)N=C1C(F)F. The van der Waals surface area contributed by atoms with Crippen molar-refractivity contribution < 1.29 is 13.6 Å². The van der Waals surface area contributed by atoms with Gasteiger partial charge >= 0.3 is 0 Å². The number of amides is 1. The first-order chi connectivity index (χ1) is 11.3. The molecule has 1 aliphatic heterocycles. The van der Waals surface area contributed by atoms with Gasteiger partial charge in [-0.05, 0) is 37.0 Å². The van der Waals surface area contributed by atoms with Crippen LogP contribution in [0.4, 0.5) is 8.78 Å². The van der Waals surface area contributed by atoms with Crippen molar-refractivity contribution in [2.45, 2.75) is 65.3 Å². The van der Waals surface area contributed by atoms with Crippen LogP contribution in [0.3, 0.4) is 0 Å². The number of hydrogen-bond donors (Lipinski definition) is 1. The summed E-state index contributed by atoms with van der Waals surface area (Å²) in [6, 6.07) is 0.102. The molecule has 24 heavy (non-hydrogen) atoms. The smallest absolute Gasteiger partial charge is 0.279 e. The maximum atomic E-state index is 13.1. The second-order valence-corrected chi connectivity index (χ2v) is 7.89. The van der Waals surface area contributed by atoms with E-state index >= 15 is 0 Å². The molecule has 0 saturated heterocycles. The zero-order valence-electron chi connectivity index (χ0n) is 15.3. The van der Waals surface area contributed by atoms with Gasteiger partial charge in [-0.15, -0.1) is 0 Å². The summed E-state index contributed by atoms with van der Waals surface area (Å²) in [7, 11) is 1.63. The predicted molar refractivity (Wildman–Crippen MR) is 92.1 cm³/mol. The summed E-state index contributed by atoms with van der Waals surface area (Å²) < 4.78 is 26.2. The normalized spacial score (nSPS) is 29.1. The van der Waals surface area contributed by atoms with Gasteiger partial charge in [-0.25, -0.2) is 8.78 Å². The molecule has 0 bridgehead atoms. The molecule has 4 unspecified atom stereocenters. The Morgan fingerprint density at radius 2 is 1.96 bits per heavy atom. The number of carbonyl (C=O) groups excluding carboxylic acids is 1. The van der Waals surface area contributed by atoms with Crippen LogP contribution in [0.5, 0.6) is 0 Å². The lowest BCUT2D eigenvalue weighted by Gasteiger charge is -2.37. The lowest BCUT2D eigenvalue weighted by atomic mass is 9.74. The molecule has 1 heterocycles. The Labute approximate surface area is 144 Å². The molecule has 1 N–H and O–H groups in total. The van der Waals surface area contributed by atoms with Gasteiger partial charge in [0.15, 0.2) is 0 Å². The summed E-state index contributed by atoms with van der Waals surface area (Å²) in [6.07, 6.45) is 2.80. The lowest BCUT2D eigenvalue weighted by Crippen LogP contribution is -2.49. The van der Waals surface area contributed by atoms with Crippen molar-refractivity contribution in [2.24, 2.45) is 28.8 Å². The first-order valence-corrected chi connectivity index (χ1v) is 9.17. The highest BCUT2D eigenvalue weighted by molar-refractivity contribution is 6.06. The Hall–Kier alpha value is -1.20. The van der Waals surface area contributed by atoms with Crippen LogP contribution >= 0.6 is 0 Å². The van der Waals surface area contributed by atoms with Crippen LogP contribution in [0.15, 0.2) is 5.10 Å². The quantitative estimate of drug-likeness (QED) is 0.802. The molecule has 0 aromatic rings. The Morgan fingerprint density at radius 3 is 2.58 bits per heavy atom. The number of hydrogen-bond acceptors (Lipinski definition) is 3. The van der Waals surface area contributed by atoms with Gasteiger partial charge in [0.1, 0.15) is 11.6 Å². The third-order valence-electron chi connectivity index (χ3n) is 5.35. The molecule has 0 spiro atoms. The third kappa shape index (κ3) is 4.67. The van der Waals surface area contributed by atoms with Crippen molar-refractivity contribution in [3.05, 3.63) is 0 Å². The molecule has 2 aliphatic rings. The van der Waals surface area contributed by atoms with Gasteiger partial charge in [0.25, 0.3) is 6.43 Å². The van der Waals surface area contributed by atoms with Crippen LogP contribution in [-0.4, -0.2) is 42.7 Å². The molecule has 1 saturated carbocycles. The summed E-state index contributed by atoms with van der Waals surface area (Å²) in [5.74, 6) is 0.491. The lowest BCUT2D eigenvalue weighted by molar-refractivity contribution is -0.124. The second-order valence-electron chi connectivity index (χ2n) is 7.89. The number of nitrogens with one attached hydrogen (secondary N) is 1. The van der Waals surface area contributed by atoms with E-state index in [2.05, 4.69) is 31.2 Å². The standard InChI is InChI=1S/C18H31F2N3O/c1-11(2)9-12(3)13-7-5-6-8-15(13)21-18(24)14-10-23(4)22-16(14)17(19)20/h11-15,17H,5-10H2,1-4H3,(H,21,24). The minimum atomic E-state index is -2.67. The average molecular weight is 343 g/mol. The molecule has 4 nitrogen and oxygen atoms in total. The van der Waals surface area contributed by atoms with E-state index in [4.69, 9.17) is 0 Å². The van der Waals surface area contributed by atoms with E-state index in [9.17, 15) is 13.6 Å². The Morgan fingerprint density at radius 1 is 1.29 bits per heavy atom. The van der Waals surface area contributed by atoms with Gasteiger partial charge in [0.2, 0.25) is 5.91 Å². The summed E-state index contributed by atoms with van der Waals surface area (Å²) in [5.41, 5.74) is -0.294. The van der Waals surface area contributed by atoms with Crippen LogP contribution in [0.1, 0.15) is 52.9 Å². The van der Waals surface area contributed by atoms with Crippen LogP contribution < -0.4 is 5.32 Å². The highest BCUT2D eigenvalue weighted by Gasteiger charge is 2.39. The number of carbonyl (C=O) groups is 1. The molecule has 1 amide bonds. The van der Waals surface area contributed by atoms with E-state index < -0.39 is 12.3 Å². The number of hydrazone groups is 1. The van der Waals surface area contributed by atoms with Gasteiger partial charge in [0.05, 0.1) is 6.54 Å². The van der Waals surface area contributed by atoms with Crippen LogP contribution in [0, 0.1) is 23.7 Å². The highest BCUT2D eigenvalue weighted by atomic mass is 19.3. The largest absolute Gasteiger partial charge is 0.352 e. The van der Waals surface area contributed by atoms with Crippen molar-refractivity contribution in [3.63, 3.8) is 0 Å². The topological polar surface area (TPSA) is 44.7 Å².